The molecule has 0 N–H and O–H groups in total. The van der Waals surface area contributed by atoms with Crippen molar-refractivity contribution in [2.45, 2.75) is 20.4 Å². The first-order chi connectivity index (χ1) is 9.58. The van der Waals surface area contributed by atoms with Crippen LogP contribution in [0.4, 0.5) is 0 Å². The fourth-order valence-corrected chi connectivity index (χ4v) is 1.75. The molecule has 1 aromatic carbocycles. The molecule has 5 nitrogen and oxygen atoms in total. The Bertz CT molecular complexity index is 399. The molecular weight excluding hydrogens is 258 g/mol. The van der Waals surface area contributed by atoms with E-state index in [0.717, 1.165) is 12.1 Å². The summed E-state index contributed by atoms with van der Waals surface area (Å²) in [7, 11) is 0. The number of carbonyl (C=O) groups is 2. The molecule has 0 atom stereocenters. The fraction of sp³-hybridized carbons (Fsp3) is 0.467. The Labute approximate surface area is 119 Å². The average Bonchev–Trinajstić information content (AvgIpc) is 2.38. The van der Waals surface area contributed by atoms with Crippen LogP contribution in [0.5, 0.6) is 0 Å². The van der Waals surface area contributed by atoms with Gasteiger partial charge in [0.1, 0.15) is 13.2 Å². The lowest BCUT2D eigenvalue weighted by atomic mass is 10.2. The minimum Gasteiger partial charge on any atom is -0.465 e. The Morgan fingerprint density at radius 3 is 1.90 bits per heavy atom. The van der Waals surface area contributed by atoms with Gasteiger partial charge in [-0.1, -0.05) is 30.3 Å². The van der Waals surface area contributed by atoms with Gasteiger partial charge in [0, 0.05) is 33.5 Å². The first kappa shape index (κ1) is 16.2. The summed E-state index contributed by atoms with van der Waals surface area (Å²) >= 11 is 0. The second-order valence-electron chi connectivity index (χ2n) is 4.44. The van der Waals surface area contributed by atoms with E-state index in [-0.39, 0.29) is 11.9 Å². The molecule has 0 unspecified atom stereocenters. The van der Waals surface area contributed by atoms with Crippen molar-refractivity contribution in [3.8, 4) is 0 Å². The van der Waals surface area contributed by atoms with E-state index in [2.05, 4.69) is 4.90 Å². The molecule has 1 rings (SSSR count). The first-order valence-electron chi connectivity index (χ1n) is 6.61. The van der Waals surface area contributed by atoms with E-state index in [9.17, 15) is 9.59 Å². The Kier molecular flexibility index (Phi) is 7.35. The van der Waals surface area contributed by atoms with Gasteiger partial charge in [0.05, 0.1) is 0 Å². The number of benzene rings is 1. The summed E-state index contributed by atoms with van der Waals surface area (Å²) in [6.07, 6.45) is 0. The van der Waals surface area contributed by atoms with E-state index >= 15 is 0 Å². The van der Waals surface area contributed by atoms with E-state index in [1.807, 2.05) is 30.3 Å². The van der Waals surface area contributed by atoms with Gasteiger partial charge in [-0.25, -0.2) is 0 Å². The van der Waals surface area contributed by atoms with Gasteiger partial charge in [-0.15, -0.1) is 0 Å². The molecule has 20 heavy (non-hydrogen) atoms. The zero-order valence-electron chi connectivity index (χ0n) is 12.0. The van der Waals surface area contributed by atoms with Crippen molar-refractivity contribution in [1.82, 2.24) is 4.90 Å². The molecule has 0 fully saturated rings. The topological polar surface area (TPSA) is 55.8 Å². The number of rotatable bonds is 8. The van der Waals surface area contributed by atoms with E-state index in [1.54, 1.807) is 0 Å². The van der Waals surface area contributed by atoms with Crippen molar-refractivity contribution < 1.29 is 19.1 Å². The van der Waals surface area contributed by atoms with Crippen LogP contribution < -0.4 is 0 Å². The highest BCUT2D eigenvalue weighted by Gasteiger charge is 2.07. The van der Waals surface area contributed by atoms with Crippen LogP contribution in [0.1, 0.15) is 19.4 Å². The van der Waals surface area contributed by atoms with Crippen molar-refractivity contribution in [2.75, 3.05) is 26.3 Å². The predicted molar refractivity (Wildman–Crippen MR) is 75.0 cm³/mol. The SMILES string of the molecule is CC(=O)OCCN(CCOC(C)=O)Cc1ccccc1. The molecule has 0 bridgehead atoms. The highest BCUT2D eigenvalue weighted by molar-refractivity contribution is 5.66. The Morgan fingerprint density at radius 2 is 1.45 bits per heavy atom. The van der Waals surface area contributed by atoms with Gasteiger partial charge in [0.25, 0.3) is 0 Å². The number of nitrogens with zero attached hydrogens (tertiary/aromatic N) is 1. The van der Waals surface area contributed by atoms with E-state index in [0.29, 0.717) is 26.3 Å². The molecule has 0 saturated carbocycles. The summed E-state index contributed by atoms with van der Waals surface area (Å²) in [6, 6.07) is 9.98. The maximum absolute atomic E-state index is 10.8. The second kappa shape index (κ2) is 9.09. The van der Waals surface area contributed by atoms with Gasteiger partial charge in [-0.2, -0.15) is 0 Å². The van der Waals surface area contributed by atoms with Crippen molar-refractivity contribution >= 4 is 11.9 Å². The summed E-state index contributed by atoms with van der Waals surface area (Å²) in [6.45, 7) is 5.39. The maximum Gasteiger partial charge on any atom is 0.302 e. The molecule has 0 aliphatic heterocycles. The molecule has 0 radical (unpaired) electrons. The first-order valence-corrected chi connectivity index (χ1v) is 6.61. The number of hydrogen-bond donors (Lipinski definition) is 0. The second-order valence-corrected chi connectivity index (χ2v) is 4.44. The summed E-state index contributed by atoms with van der Waals surface area (Å²) in [4.78, 5) is 23.6. The molecule has 0 aliphatic carbocycles. The van der Waals surface area contributed by atoms with Gasteiger partial charge < -0.3 is 9.47 Å². The lowest BCUT2D eigenvalue weighted by molar-refractivity contribution is -0.141. The molecular formula is C15H21NO4. The Hall–Kier alpha value is -1.88. The van der Waals surface area contributed by atoms with Crippen LogP contribution in [0.3, 0.4) is 0 Å². The van der Waals surface area contributed by atoms with Crippen LogP contribution in [0.15, 0.2) is 30.3 Å². The van der Waals surface area contributed by atoms with Gasteiger partial charge in [0.2, 0.25) is 0 Å². The van der Waals surface area contributed by atoms with E-state index < -0.39 is 0 Å². The van der Waals surface area contributed by atoms with E-state index in [4.69, 9.17) is 9.47 Å². The van der Waals surface area contributed by atoms with Crippen LogP contribution in [0, 0.1) is 0 Å². The van der Waals surface area contributed by atoms with Crippen LogP contribution >= 0.6 is 0 Å². The largest absolute Gasteiger partial charge is 0.465 e. The van der Waals surface area contributed by atoms with Gasteiger partial charge in [-0.05, 0) is 5.56 Å². The van der Waals surface area contributed by atoms with Gasteiger partial charge >= 0.3 is 11.9 Å². The monoisotopic (exact) mass is 279 g/mol. The number of esters is 2. The summed E-state index contributed by atoms with van der Waals surface area (Å²) in [5.41, 5.74) is 1.16. The van der Waals surface area contributed by atoms with Gasteiger partial charge in [-0.3, -0.25) is 14.5 Å². The molecule has 110 valence electrons. The summed E-state index contributed by atoms with van der Waals surface area (Å²) in [5, 5.41) is 0. The third-order valence-corrected chi connectivity index (χ3v) is 2.67. The van der Waals surface area contributed by atoms with Crippen LogP contribution in [-0.2, 0) is 25.6 Å². The van der Waals surface area contributed by atoms with E-state index in [1.165, 1.54) is 13.8 Å². The molecule has 1 aromatic rings. The smallest absolute Gasteiger partial charge is 0.302 e. The highest BCUT2D eigenvalue weighted by atomic mass is 16.5. The van der Waals surface area contributed by atoms with Crippen LogP contribution in [-0.4, -0.2) is 43.1 Å². The average molecular weight is 279 g/mol. The lowest BCUT2D eigenvalue weighted by Gasteiger charge is -2.21. The number of ether oxygens (including phenoxy) is 2. The highest BCUT2D eigenvalue weighted by Crippen LogP contribution is 2.04. The number of hydrogen-bond acceptors (Lipinski definition) is 5. The zero-order chi connectivity index (χ0) is 14.8. The van der Waals surface area contributed by atoms with Crippen molar-refractivity contribution in [3.63, 3.8) is 0 Å². The molecule has 0 aliphatic rings. The predicted octanol–water partition coefficient (Wildman–Crippen LogP) is 1.61. The Balaban J connectivity index is 2.45. The molecule has 5 heteroatoms. The van der Waals surface area contributed by atoms with Crippen LogP contribution in [0.25, 0.3) is 0 Å². The summed E-state index contributed by atoms with van der Waals surface area (Å²) < 4.78 is 9.90. The molecule has 0 saturated heterocycles. The van der Waals surface area contributed by atoms with Crippen molar-refractivity contribution in [3.05, 3.63) is 35.9 Å². The minimum atomic E-state index is -0.287. The third-order valence-electron chi connectivity index (χ3n) is 2.67. The fourth-order valence-electron chi connectivity index (χ4n) is 1.75. The zero-order valence-corrected chi connectivity index (χ0v) is 12.0. The molecule has 0 spiro atoms. The quantitative estimate of drug-likeness (QED) is 0.677. The minimum absolute atomic E-state index is 0.287. The summed E-state index contributed by atoms with van der Waals surface area (Å²) in [5.74, 6) is -0.575. The molecule has 0 aromatic heterocycles. The lowest BCUT2D eigenvalue weighted by Crippen LogP contribution is -2.31. The maximum atomic E-state index is 10.8. The van der Waals surface area contributed by atoms with Crippen molar-refractivity contribution in [1.29, 1.82) is 0 Å². The molecule has 0 amide bonds. The number of carbonyl (C=O) groups excluding carboxylic acids is 2. The third kappa shape index (κ3) is 7.53. The van der Waals surface area contributed by atoms with Crippen LogP contribution in [0.2, 0.25) is 0 Å². The normalized spacial score (nSPS) is 10.3. The standard InChI is InChI=1S/C15H21NO4/c1-13(17)19-10-8-16(9-11-20-14(2)18)12-15-6-4-3-5-7-15/h3-7H,8-12H2,1-2H3. The van der Waals surface area contributed by atoms with Crippen molar-refractivity contribution in [2.24, 2.45) is 0 Å². The Morgan fingerprint density at radius 1 is 0.950 bits per heavy atom. The molecule has 0 heterocycles. The van der Waals surface area contributed by atoms with Gasteiger partial charge in [0.15, 0.2) is 0 Å².